The first-order chi connectivity index (χ1) is 6.02. The Morgan fingerprint density at radius 3 is 1.85 bits per heavy atom. The monoisotopic (exact) mass is 182 g/mol. The van der Waals surface area contributed by atoms with Crippen LogP contribution in [0.15, 0.2) is 10.5 Å². The van der Waals surface area contributed by atoms with Crippen LogP contribution in [0.1, 0.15) is 57.1 Å². The summed E-state index contributed by atoms with van der Waals surface area (Å²) in [5, 5.41) is 0. The van der Waals surface area contributed by atoms with Crippen LogP contribution in [-0.2, 0) is 0 Å². The fraction of sp³-hybridized carbons (Fsp3) is 0.667. The fourth-order valence-corrected chi connectivity index (χ4v) is 1.22. The maximum Gasteiger partial charge on any atom is 0.104 e. The van der Waals surface area contributed by atoms with Crippen molar-refractivity contribution in [1.82, 2.24) is 0 Å². The van der Waals surface area contributed by atoms with E-state index in [2.05, 4.69) is 33.8 Å². The fourth-order valence-electron chi connectivity index (χ4n) is 1.22. The van der Waals surface area contributed by atoms with Crippen LogP contribution in [0.2, 0.25) is 0 Å². The zero-order valence-corrected chi connectivity index (χ0v) is 9.77. The molecule has 0 radical (unpaired) electrons. The summed E-state index contributed by atoms with van der Waals surface area (Å²) in [5.41, 5.74) is 1.33. The highest BCUT2D eigenvalue weighted by Crippen LogP contribution is 2.21. The molecule has 0 bridgehead atoms. The van der Waals surface area contributed by atoms with E-state index >= 15 is 0 Å². The first kappa shape index (κ1) is 12.3. The molecule has 0 aliphatic carbocycles. The standard InChI is InChI=1S/C9H14O.C3H8/c1-6(2)9-5-7(3)10-8(9)4;1-3-2/h5-6H,1-4H3;3H2,1-2H3. The predicted molar refractivity (Wildman–Crippen MR) is 58.2 cm³/mol. The Morgan fingerprint density at radius 1 is 1.23 bits per heavy atom. The van der Waals surface area contributed by atoms with E-state index in [0.717, 1.165) is 11.5 Å². The van der Waals surface area contributed by atoms with Gasteiger partial charge in [-0.05, 0) is 31.4 Å². The summed E-state index contributed by atoms with van der Waals surface area (Å²) in [6, 6.07) is 2.11. The average molecular weight is 182 g/mol. The van der Waals surface area contributed by atoms with E-state index in [9.17, 15) is 0 Å². The van der Waals surface area contributed by atoms with Gasteiger partial charge in [-0.25, -0.2) is 0 Å². The van der Waals surface area contributed by atoms with Crippen LogP contribution < -0.4 is 0 Å². The van der Waals surface area contributed by atoms with Crippen LogP contribution >= 0.6 is 0 Å². The summed E-state index contributed by atoms with van der Waals surface area (Å²) in [7, 11) is 0. The molecule has 0 atom stereocenters. The Kier molecular flexibility index (Phi) is 5.52. The van der Waals surface area contributed by atoms with E-state index in [1.165, 1.54) is 12.0 Å². The number of hydrogen-bond donors (Lipinski definition) is 0. The van der Waals surface area contributed by atoms with Gasteiger partial charge < -0.3 is 4.42 Å². The van der Waals surface area contributed by atoms with E-state index in [-0.39, 0.29) is 0 Å². The molecule has 76 valence electrons. The minimum absolute atomic E-state index is 0.581. The molecular weight excluding hydrogens is 160 g/mol. The van der Waals surface area contributed by atoms with Gasteiger partial charge in [-0.1, -0.05) is 34.1 Å². The zero-order valence-electron chi connectivity index (χ0n) is 9.77. The van der Waals surface area contributed by atoms with E-state index in [4.69, 9.17) is 4.42 Å². The molecule has 0 saturated carbocycles. The summed E-state index contributed by atoms with van der Waals surface area (Å²) in [6.07, 6.45) is 1.25. The van der Waals surface area contributed by atoms with Gasteiger partial charge in [0.05, 0.1) is 0 Å². The quantitative estimate of drug-likeness (QED) is 0.626. The van der Waals surface area contributed by atoms with Crippen molar-refractivity contribution in [1.29, 1.82) is 0 Å². The normalized spacial score (nSPS) is 9.77. The zero-order chi connectivity index (χ0) is 10.4. The van der Waals surface area contributed by atoms with Crippen LogP contribution in [0.4, 0.5) is 0 Å². The van der Waals surface area contributed by atoms with Crippen molar-refractivity contribution in [2.24, 2.45) is 0 Å². The maximum atomic E-state index is 5.38. The van der Waals surface area contributed by atoms with Gasteiger partial charge in [0.2, 0.25) is 0 Å². The van der Waals surface area contributed by atoms with Crippen molar-refractivity contribution in [2.45, 2.75) is 53.9 Å². The van der Waals surface area contributed by atoms with Crippen molar-refractivity contribution in [2.75, 3.05) is 0 Å². The van der Waals surface area contributed by atoms with Crippen molar-refractivity contribution in [3.8, 4) is 0 Å². The molecule has 0 unspecified atom stereocenters. The molecule has 1 nitrogen and oxygen atoms in total. The SMILES string of the molecule is CCC.Cc1cc(C(C)C)c(C)o1. The van der Waals surface area contributed by atoms with Crippen LogP contribution in [-0.4, -0.2) is 0 Å². The number of rotatable bonds is 1. The van der Waals surface area contributed by atoms with Gasteiger partial charge in [0.1, 0.15) is 11.5 Å². The third-order valence-electron chi connectivity index (χ3n) is 1.70. The third kappa shape index (κ3) is 4.16. The van der Waals surface area contributed by atoms with E-state index in [0.29, 0.717) is 5.92 Å². The second-order valence-electron chi connectivity index (χ2n) is 3.73. The molecule has 0 amide bonds. The molecule has 0 aliphatic heterocycles. The largest absolute Gasteiger partial charge is 0.466 e. The predicted octanol–water partition coefficient (Wildman–Crippen LogP) is 4.44. The second kappa shape index (κ2) is 5.85. The van der Waals surface area contributed by atoms with Crippen LogP contribution in [0.5, 0.6) is 0 Å². The summed E-state index contributed by atoms with van der Waals surface area (Å²) < 4.78 is 5.38. The van der Waals surface area contributed by atoms with Gasteiger partial charge in [0.15, 0.2) is 0 Å². The number of aryl methyl sites for hydroxylation is 2. The summed E-state index contributed by atoms with van der Waals surface area (Å²) >= 11 is 0. The first-order valence-corrected chi connectivity index (χ1v) is 5.09. The Labute approximate surface area is 82.2 Å². The lowest BCUT2D eigenvalue weighted by Gasteiger charge is -1.99. The third-order valence-corrected chi connectivity index (χ3v) is 1.70. The van der Waals surface area contributed by atoms with Crippen molar-refractivity contribution in [3.05, 3.63) is 23.2 Å². The van der Waals surface area contributed by atoms with Crippen LogP contribution in [0, 0.1) is 13.8 Å². The minimum Gasteiger partial charge on any atom is -0.466 e. The van der Waals surface area contributed by atoms with E-state index in [1.54, 1.807) is 0 Å². The van der Waals surface area contributed by atoms with E-state index < -0.39 is 0 Å². The molecule has 0 aromatic carbocycles. The van der Waals surface area contributed by atoms with Gasteiger partial charge in [-0.3, -0.25) is 0 Å². The molecule has 0 N–H and O–H groups in total. The van der Waals surface area contributed by atoms with Crippen LogP contribution in [0.3, 0.4) is 0 Å². The van der Waals surface area contributed by atoms with Gasteiger partial charge in [-0.2, -0.15) is 0 Å². The Morgan fingerprint density at radius 2 is 1.69 bits per heavy atom. The highest BCUT2D eigenvalue weighted by atomic mass is 16.3. The molecule has 0 saturated heterocycles. The lowest BCUT2D eigenvalue weighted by Crippen LogP contribution is -1.84. The van der Waals surface area contributed by atoms with Crippen molar-refractivity contribution < 1.29 is 4.42 Å². The second-order valence-corrected chi connectivity index (χ2v) is 3.73. The summed E-state index contributed by atoms with van der Waals surface area (Å²) in [5.74, 6) is 2.66. The first-order valence-electron chi connectivity index (χ1n) is 5.09. The van der Waals surface area contributed by atoms with Crippen molar-refractivity contribution in [3.63, 3.8) is 0 Å². The molecule has 13 heavy (non-hydrogen) atoms. The van der Waals surface area contributed by atoms with Gasteiger partial charge in [0.25, 0.3) is 0 Å². The Hall–Kier alpha value is -0.720. The highest BCUT2D eigenvalue weighted by Gasteiger charge is 2.06. The molecule has 1 heterocycles. The maximum absolute atomic E-state index is 5.38. The number of furan rings is 1. The molecule has 0 spiro atoms. The molecule has 0 fully saturated rings. The van der Waals surface area contributed by atoms with Crippen LogP contribution in [0.25, 0.3) is 0 Å². The molecule has 1 rings (SSSR count). The number of hydrogen-bond acceptors (Lipinski definition) is 1. The Bertz CT molecular complexity index is 233. The molecule has 1 aromatic rings. The highest BCUT2D eigenvalue weighted by molar-refractivity contribution is 5.23. The van der Waals surface area contributed by atoms with Crippen molar-refractivity contribution >= 4 is 0 Å². The lowest BCUT2D eigenvalue weighted by atomic mass is 10.0. The molecule has 0 aliphatic rings. The van der Waals surface area contributed by atoms with Gasteiger partial charge in [-0.15, -0.1) is 0 Å². The summed E-state index contributed by atoms with van der Waals surface area (Å²) in [4.78, 5) is 0. The molecular formula is C12H22O. The summed E-state index contributed by atoms with van der Waals surface area (Å²) in [6.45, 7) is 12.6. The van der Waals surface area contributed by atoms with Gasteiger partial charge in [0, 0.05) is 0 Å². The smallest absolute Gasteiger partial charge is 0.104 e. The Balaban J connectivity index is 0.000000424. The lowest BCUT2D eigenvalue weighted by molar-refractivity contribution is 0.499. The molecule has 1 heteroatoms. The molecule has 1 aromatic heterocycles. The van der Waals surface area contributed by atoms with Gasteiger partial charge >= 0.3 is 0 Å². The minimum atomic E-state index is 0.581. The van der Waals surface area contributed by atoms with E-state index in [1.807, 2.05) is 13.8 Å². The average Bonchev–Trinajstić information content (AvgIpc) is 2.31. The topological polar surface area (TPSA) is 13.1 Å².